The summed E-state index contributed by atoms with van der Waals surface area (Å²) in [6.07, 6.45) is 4.71. The second-order valence-electron chi connectivity index (χ2n) is 8.90. The van der Waals surface area contributed by atoms with Crippen LogP contribution in [0.25, 0.3) is 0 Å². The maximum Gasteiger partial charge on any atom is 0.353 e. The van der Waals surface area contributed by atoms with Gasteiger partial charge in [0.05, 0.1) is 35.2 Å². The van der Waals surface area contributed by atoms with Crippen molar-refractivity contribution in [2.24, 2.45) is 5.41 Å². The van der Waals surface area contributed by atoms with Gasteiger partial charge in [-0.3, -0.25) is 9.59 Å². The van der Waals surface area contributed by atoms with E-state index in [0.717, 1.165) is 55.6 Å². The summed E-state index contributed by atoms with van der Waals surface area (Å²) in [7, 11) is 1.33. The Labute approximate surface area is 188 Å². The highest BCUT2D eigenvalue weighted by atomic mass is 32.2. The Kier molecular flexibility index (Phi) is 5.05. The first-order valence-corrected chi connectivity index (χ1v) is 11.5. The maximum atomic E-state index is 14.6. The Morgan fingerprint density at radius 3 is 2.66 bits per heavy atom. The minimum absolute atomic E-state index is 0.171. The van der Waals surface area contributed by atoms with Crippen LogP contribution in [0.2, 0.25) is 0 Å². The number of piperidine rings is 1. The summed E-state index contributed by atoms with van der Waals surface area (Å²) >= 11 is 0.972. The number of nitrogens with zero attached hydrogens (tertiary/aromatic N) is 3. The van der Waals surface area contributed by atoms with Crippen molar-refractivity contribution in [1.29, 1.82) is 0 Å². The normalized spacial score (nSPS) is 23.8. The van der Waals surface area contributed by atoms with Crippen molar-refractivity contribution in [2.75, 3.05) is 36.5 Å². The average Bonchev–Trinajstić information content (AvgIpc) is 3.20. The van der Waals surface area contributed by atoms with Gasteiger partial charge < -0.3 is 19.5 Å². The van der Waals surface area contributed by atoms with Crippen LogP contribution in [0.4, 0.5) is 20.3 Å². The molecule has 0 bridgehead atoms. The van der Waals surface area contributed by atoms with Gasteiger partial charge in [-0.05, 0) is 43.7 Å². The van der Waals surface area contributed by atoms with E-state index in [4.69, 9.17) is 4.74 Å². The van der Waals surface area contributed by atoms with Crippen molar-refractivity contribution in [3.8, 4) is 0 Å². The molecule has 0 aliphatic carbocycles. The van der Waals surface area contributed by atoms with Crippen molar-refractivity contribution in [2.45, 2.75) is 48.1 Å². The van der Waals surface area contributed by atoms with E-state index in [-0.39, 0.29) is 33.2 Å². The third kappa shape index (κ3) is 3.40. The number of ether oxygens (including phenoxy) is 1. The SMILES string of the molecule is C[C@H]1CC2(CCN(c3ncc(Sc4cccc5c4C(F)(F)C(=O)N5C)[nH]c3=O)CC2)CO1. The minimum Gasteiger partial charge on any atom is -0.378 e. The zero-order valence-corrected chi connectivity index (χ0v) is 18.7. The number of nitrogens with one attached hydrogen (secondary N) is 1. The maximum absolute atomic E-state index is 14.6. The molecule has 0 saturated carbocycles. The molecule has 7 nitrogen and oxygen atoms in total. The van der Waals surface area contributed by atoms with Crippen LogP contribution < -0.4 is 15.4 Å². The smallest absolute Gasteiger partial charge is 0.353 e. The Hall–Kier alpha value is -2.46. The van der Waals surface area contributed by atoms with E-state index in [1.54, 1.807) is 6.07 Å². The van der Waals surface area contributed by atoms with Crippen LogP contribution in [-0.4, -0.2) is 48.7 Å². The second-order valence-corrected chi connectivity index (χ2v) is 9.99. The van der Waals surface area contributed by atoms with E-state index in [1.165, 1.54) is 25.4 Å². The van der Waals surface area contributed by atoms with E-state index in [1.807, 2.05) is 4.90 Å². The summed E-state index contributed by atoms with van der Waals surface area (Å²) in [4.78, 5) is 35.0. The predicted octanol–water partition coefficient (Wildman–Crippen LogP) is 3.38. The fourth-order valence-corrected chi connectivity index (χ4v) is 5.96. The van der Waals surface area contributed by atoms with Crippen LogP contribution in [0, 0.1) is 5.41 Å². The molecule has 0 radical (unpaired) electrons. The van der Waals surface area contributed by atoms with Crippen LogP contribution in [0.3, 0.4) is 0 Å². The van der Waals surface area contributed by atoms with Crippen molar-refractivity contribution in [3.63, 3.8) is 0 Å². The molecule has 1 aromatic carbocycles. The number of rotatable bonds is 3. The fraction of sp³-hybridized carbons (Fsp3) is 0.500. The molecular formula is C22H24F2N4O3S. The Morgan fingerprint density at radius 2 is 2.00 bits per heavy atom. The Bertz CT molecular complexity index is 1130. The number of hydrogen-bond acceptors (Lipinski definition) is 6. The number of carbonyl (C=O) groups excluding carboxylic acids is 1. The first kappa shape index (κ1) is 21.4. The number of anilines is 2. The second kappa shape index (κ2) is 7.55. The topological polar surface area (TPSA) is 78.5 Å². The predicted molar refractivity (Wildman–Crippen MR) is 117 cm³/mol. The molecule has 2 aromatic rings. The molecule has 3 aliphatic heterocycles. The largest absolute Gasteiger partial charge is 0.378 e. The summed E-state index contributed by atoms with van der Waals surface area (Å²) in [6, 6.07) is 4.62. The van der Waals surface area contributed by atoms with Gasteiger partial charge in [-0.15, -0.1) is 0 Å². The average molecular weight is 463 g/mol. The van der Waals surface area contributed by atoms with Crippen LogP contribution in [0.5, 0.6) is 0 Å². The Balaban J connectivity index is 1.35. The lowest BCUT2D eigenvalue weighted by atomic mass is 9.77. The fourth-order valence-electron chi connectivity index (χ4n) is 4.99. The lowest BCUT2D eigenvalue weighted by Crippen LogP contribution is -2.43. The number of carbonyl (C=O) groups is 1. The number of benzene rings is 1. The quantitative estimate of drug-likeness (QED) is 0.754. The summed E-state index contributed by atoms with van der Waals surface area (Å²) < 4.78 is 34.9. The molecule has 1 atom stereocenters. The highest BCUT2D eigenvalue weighted by Gasteiger charge is 2.53. The number of aromatic amines is 1. The summed E-state index contributed by atoms with van der Waals surface area (Å²) in [5.41, 5.74) is -0.321. The highest BCUT2D eigenvalue weighted by molar-refractivity contribution is 7.99. The highest BCUT2D eigenvalue weighted by Crippen LogP contribution is 2.49. The molecule has 1 aromatic heterocycles. The molecule has 2 fully saturated rings. The summed E-state index contributed by atoms with van der Waals surface area (Å²) in [5, 5.41) is 0.344. The van der Waals surface area contributed by atoms with Gasteiger partial charge in [0.2, 0.25) is 0 Å². The summed E-state index contributed by atoms with van der Waals surface area (Å²) in [5.74, 6) is -4.52. The molecule has 1 amide bonds. The Morgan fingerprint density at radius 1 is 1.25 bits per heavy atom. The first-order valence-electron chi connectivity index (χ1n) is 10.6. The first-order chi connectivity index (χ1) is 15.2. The molecule has 170 valence electrons. The van der Waals surface area contributed by atoms with Crippen LogP contribution in [-0.2, 0) is 15.5 Å². The van der Waals surface area contributed by atoms with Gasteiger partial charge in [0.15, 0.2) is 5.82 Å². The molecule has 32 heavy (non-hydrogen) atoms. The monoisotopic (exact) mass is 462 g/mol. The zero-order valence-electron chi connectivity index (χ0n) is 17.9. The molecular weight excluding hydrogens is 438 g/mol. The number of amides is 1. The molecule has 10 heteroatoms. The van der Waals surface area contributed by atoms with Crippen molar-refractivity contribution >= 4 is 29.2 Å². The van der Waals surface area contributed by atoms with Crippen LogP contribution in [0.15, 0.2) is 39.1 Å². The molecule has 0 unspecified atom stereocenters. The van der Waals surface area contributed by atoms with Crippen molar-refractivity contribution in [3.05, 3.63) is 40.3 Å². The van der Waals surface area contributed by atoms with E-state index in [9.17, 15) is 18.4 Å². The molecule has 4 heterocycles. The number of halogens is 2. The number of likely N-dealkylation sites (N-methyl/N-ethyl adjacent to an activating group) is 1. The van der Waals surface area contributed by atoms with Crippen molar-refractivity contribution in [1.82, 2.24) is 9.97 Å². The van der Waals surface area contributed by atoms with Gasteiger partial charge in [0.1, 0.15) is 0 Å². The minimum atomic E-state index is -3.60. The molecule has 5 rings (SSSR count). The standard InChI is InChI=1S/C22H24F2N4O3S/c1-13-10-21(12-31-13)6-8-28(9-7-21)18-19(29)26-16(11-25-18)32-15-5-3-4-14-17(15)22(23,24)20(30)27(14)2/h3-5,11,13H,6-10,12H2,1-2H3,(H,26,29)/t13-/m0/s1. The van der Waals surface area contributed by atoms with E-state index in [2.05, 4.69) is 16.9 Å². The van der Waals surface area contributed by atoms with Gasteiger partial charge in [-0.2, -0.15) is 8.78 Å². The number of alkyl halides is 2. The van der Waals surface area contributed by atoms with Gasteiger partial charge in [0, 0.05) is 25.0 Å². The van der Waals surface area contributed by atoms with Gasteiger partial charge in [-0.25, -0.2) is 4.98 Å². The summed E-state index contributed by atoms with van der Waals surface area (Å²) in [6.45, 7) is 4.32. The van der Waals surface area contributed by atoms with Gasteiger partial charge in [0.25, 0.3) is 5.56 Å². The lowest BCUT2D eigenvalue weighted by molar-refractivity contribution is -0.141. The third-order valence-corrected chi connectivity index (χ3v) is 7.72. The van der Waals surface area contributed by atoms with E-state index < -0.39 is 11.8 Å². The van der Waals surface area contributed by atoms with Crippen LogP contribution in [0.1, 0.15) is 31.7 Å². The van der Waals surface area contributed by atoms with E-state index in [0.29, 0.717) is 10.8 Å². The molecule has 3 aliphatic rings. The number of fused-ring (bicyclic) bond motifs is 1. The van der Waals surface area contributed by atoms with Gasteiger partial charge >= 0.3 is 11.8 Å². The third-order valence-electron chi connectivity index (χ3n) is 6.73. The molecule has 2 saturated heterocycles. The van der Waals surface area contributed by atoms with E-state index >= 15 is 0 Å². The molecule has 1 N–H and O–H groups in total. The molecule has 1 spiro atoms. The number of aromatic nitrogens is 2. The van der Waals surface area contributed by atoms with Crippen molar-refractivity contribution < 1.29 is 18.3 Å². The van der Waals surface area contributed by atoms with Gasteiger partial charge in [-0.1, -0.05) is 17.8 Å². The number of hydrogen-bond donors (Lipinski definition) is 1. The lowest BCUT2D eigenvalue weighted by Gasteiger charge is -2.38. The number of H-pyrrole nitrogens is 1. The zero-order chi connectivity index (χ0) is 22.7. The van der Waals surface area contributed by atoms with Crippen LogP contribution >= 0.6 is 11.8 Å².